The number of rotatable bonds is 9. The fourth-order valence-electron chi connectivity index (χ4n) is 3.15. The molecule has 150 valence electrons. The lowest BCUT2D eigenvalue weighted by Crippen LogP contribution is -2.12. The summed E-state index contributed by atoms with van der Waals surface area (Å²) in [5.41, 5.74) is 4.01. The Kier molecular flexibility index (Phi) is 6.73. The third-order valence-electron chi connectivity index (χ3n) is 4.59. The number of benzene rings is 2. The van der Waals surface area contributed by atoms with Crippen molar-refractivity contribution in [2.24, 2.45) is 0 Å². The van der Waals surface area contributed by atoms with Crippen molar-refractivity contribution < 1.29 is 9.47 Å². The van der Waals surface area contributed by atoms with Gasteiger partial charge in [0.2, 0.25) is 0 Å². The van der Waals surface area contributed by atoms with Crippen LogP contribution in [0.2, 0.25) is 0 Å². The van der Waals surface area contributed by atoms with Gasteiger partial charge >= 0.3 is 0 Å². The van der Waals surface area contributed by atoms with Crippen LogP contribution in [0.3, 0.4) is 0 Å². The number of aromatic nitrogens is 2. The third-order valence-corrected chi connectivity index (χ3v) is 5.12. The smallest absolute Gasteiger partial charge is 0.163 e. The molecule has 5 nitrogen and oxygen atoms in total. The van der Waals surface area contributed by atoms with Crippen molar-refractivity contribution in [3.63, 3.8) is 0 Å². The second-order valence-corrected chi connectivity index (χ2v) is 7.45. The molecule has 0 bridgehead atoms. The Hall–Kier alpha value is -2.34. The van der Waals surface area contributed by atoms with Crippen LogP contribution in [0.1, 0.15) is 43.3 Å². The minimum atomic E-state index is -0.161. The number of H-pyrrole nitrogens is 1. The number of unbranched alkanes of at least 4 members (excludes halogenated alkanes) is 1. The van der Waals surface area contributed by atoms with Gasteiger partial charge in [0.05, 0.1) is 29.5 Å². The van der Waals surface area contributed by atoms with Crippen molar-refractivity contribution in [3.8, 4) is 11.5 Å². The minimum absolute atomic E-state index is 0.161. The summed E-state index contributed by atoms with van der Waals surface area (Å²) in [5, 5.41) is -0.161. The SMILES string of the molecule is CCCCOc1cc2nc(C(S)c3ccccc3N(C)C)[nH]c2cc1OCC. The van der Waals surface area contributed by atoms with Crippen LogP contribution in [0.5, 0.6) is 11.5 Å². The van der Waals surface area contributed by atoms with Crippen LogP contribution in [0.4, 0.5) is 5.69 Å². The summed E-state index contributed by atoms with van der Waals surface area (Å²) in [4.78, 5) is 10.3. The highest BCUT2D eigenvalue weighted by atomic mass is 32.1. The molecule has 28 heavy (non-hydrogen) atoms. The number of nitrogens with zero attached hydrogens (tertiary/aromatic N) is 2. The van der Waals surface area contributed by atoms with E-state index in [1.807, 2.05) is 45.3 Å². The van der Waals surface area contributed by atoms with E-state index >= 15 is 0 Å². The normalized spacial score (nSPS) is 12.2. The average Bonchev–Trinajstić information content (AvgIpc) is 3.10. The number of aromatic amines is 1. The fourth-order valence-corrected chi connectivity index (χ4v) is 3.49. The molecule has 0 aliphatic heterocycles. The number of imidazole rings is 1. The summed E-state index contributed by atoms with van der Waals surface area (Å²) in [5.74, 6) is 2.29. The first kappa shape index (κ1) is 20.4. The molecule has 0 aliphatic rings. The van der Waals surface area contributed by atoms with Gasteiger partial charge < -0.3 is 19.4 Å². The molecule has 3 aromatic rings. The minimum Gasteiger partial charge on any atom is -0.490 e. The molecular weight excluding hydrogens is 370 g/mol. The monoisotopic (exact) mass is 399 g/mol. The average molecular weight is 400 g/mol. The lowest BCUT2D eigenvalue weighted by molar-refractivity contribution is 0.273. The standard InChI is InChI=1S/C22H29N3O2S/c1-5-7-12-27-20-14-17-16(13-19(20)26-6-2)23-22(24-17)21(28)15-10-8-9-11-18(15)25(3)4/h8-11,13-14,21,28H,5-7,12H2,1-4H3,(H,23,24). The van der Waals surface area contributed by atoms with Crippen LogP contribution in [0.15, 0.2) is 36.4 Å². The van der Waals surface area contributed by atoms with Crippen LogP contribution >= 0.6 is 12.6 Å². The first-order valence-electron chi connectivity index (χ1n) is 9.78. The first-order valence-corrected chi connectivity index (χ1v) is 10.3. The molecule has 2 aromatic carbocycles. The molecule has 1 atom stereocenters. The van der Waals surface area contributed by atoms with Crippen LogP contribution < -0.4 is 14.4 Å². The quantitative estimate of drug-likeness (QED) is 0.382. The second kappa shape index (κ2) is 9.24. The van der Waals surface area contributed by atoms with Crippen LogP contribution in [0, 0.1) is 0 Å². The van der Waals surface area contributed by atoms with Gasteiger partial charge in [-0.15, -0.1) is 0 Å². The Morgan fingerprint density at radius 2 is 1.86 bits per heavy atom. The van der Waals surface area contributed by atoms with Crippen LogP contribution in [0.25, 0.3) is 11.0 Å². The topological polar surface area (TPSA) is 50.4 Å². The number of ether oxygens (including phenoxy) is 2. The maximum atomic E-state index is 5.94. The molecule has 6 heteroatoms. The maximum absolute atomic E-state index is 5.94. The lowest BCUT2D eigenvalue weighted by atomic mass is 10.1. The molecule has 0 radical (unpaired) electrons. The largest absolute Gasteiger partial charge is 0.490 e. The Balaban J connectivity index is 1.97. The predicted molar refractivity (Wildman–Crippen MR) is 119 cm³/mol. The lowest BCUT2D eigenvalue weighted by Gasteiger charge is -2.20. The van der Waals surface area contributed by atoms with Gasteiger partial charge in [-0.25, -0.2) is 4.98 Å². The summed E-state index contributed by atoms with van der Waals surface area (Å²) in [6, 6.07) is 12.2. The molecule has 0 aliphatic carbocycles. The zero-order valence-electron chi connectivity index (χ0n) is 17.0. The Labute approximate surface area is 172 Å². The zero-order valence-corrected chi connectivity index (χ0v) is 17.9. The highest BCUT2D eigenvalue weighted by Crippen LogP contribution is 2.36. The van der Waals surface area contributed by atoms with Gasteiger partial charge in [0.15, 0.2) is 11.5 Å². The highest BCUT2D eigenvalue weighted by molar-refractivity contribution is 7.80. The van der Waals surface area contributed by atoms with Gasteiger partial charge in [-0.2, -0.15) is 12.6 Å². The van der Waals surface area contributed by atoms with Crippen molar-refractivity contribution in [2.45, 2.75) is 31.9 Å². The summed E-state index contributed by atoms with van der Waals surface area (Å²) in [7, 11) is 4.07. The number of fused-ring (bicyclic) bond motifs is 1. The van der Waals surface area contributed by atoms with Crippen molar-refractivity contribution in [3.05, 3.63) is 47.8 Å². The molecule has 1 unspecified atom stereocenters. The Morgan fingerprint density at radius 1 is 1.11 bits per heavy atom. The van der Waals surface area contributed by atoms with E-state index in [1.54, 1.807) is 0 Å². The molecular formula is C22H29N3O2S. The highest BCUT2D eigenvalue weighted by Gasteiger charge is 2.19. The van der Waals surface area contributed by atoms with E-state index in [-0.39, 0.29) is 5.25 Å². The van der Waals surface area contributed by atoms with Gasteiger partial charge in [-0.3, -0.25) is 0 Å². The number of hydrogen-bond donors (Lipinski definition) is 2. The molecule has 0 saturated carbocycles. The third kappa shape index (κ3) is 4.38. The van der Waals surface area contributed by atoms with E-state index in [0.29, 0.717) is 13.2 Å². The first-order chi connectivity index (χ1) is 13.5. The van der Waals surface area contributed by atoms with Crippen molar-refractivity contribution in [1.29, 1.82) is 0 Å². The van der Waals surface area contributed by atoms with Crippen molar-refractivity contribution in [2.75, 3.05) is 32.2 Å². The van der Waals surface area contributed by atoms with E-state index in [1.165, 1.54) is 0 Å². The number of anilines is 1. The molecule has 0 fully saturated rings. The van der Waals surface area contributed by atoms with E-state index in [4.69, 9.17) is 27.1 Å². The maximum Gasteiger partial charge on any atom is 0.163 e. The van der Waals surface area contributed by atoms with Gasteiger partial charge in [0.25, 0.3) is 0 Å². The summed E-state index contributed by atoms with van der Waals surface area (Å²) in [6.07, 6.45) is 2.10. The van der Waals surface area contributed by atoms with E-state index in [9.17, 15) is 0 Å². The van der Waals surface area contributed by atoms with E-state index in [2.05, 4.69) is 28.9 Å². The molecule has 0 saturated heterocycles. The second-order valence-electron chi connectivity index (χ2n) is 6.93. The molecule has 0 amide bonds. The summed E-state index contributed by atoms with van der Waals surface area (Å²) < 4.78 is 11.7. The van der Waals surface area contributed by atoms with Crippen molar-refractivity contribution >= 4 is 29.3 Å². The zero-order chi connectivity index (χ0) is 20.1. The summed E-state index contributed by atoms with van der Waals surface area (Å²) in [6.45, 7) is 5.38. The number of thiol groups is 1. The number of nitrogens with one attached hydrogen (secondary N) is 1. The van der Waals surface area contributed by atoms with Crippen molar-refractivity contribution in [1.82, 2.24) is 9.97 Å². The fraction of sp³-hybridized carbons (Fsp3) is 0.409. The van der Waals surface area contributed by atoms with E-state index in [0.717, 1.165) is 52.4 Å². The molecule has 1 heterocycles. The van der Waals surface area contributed by atoms with Gasteiger partial charge in [-0.1, -0.05) is 31.5 Å². The van der Waals surface area contributed by atoms with Gasteiger partial charge in [0.1, 0.15) is 5.82 Å². The number of hydrogen-bond acceptors (Lipinski definition) is 5. The van der Waals surface area contributed by atoms with Crippen LogP contribution in [-0.4, -0.2) is 37.3 Å². The molecule has 0 spiro atoms. The van der Waals surface area contributed by atoms with Gasteiger partial charge in [-0.05, 0) is 25.0 Å². The Bertz CT molecular complexity index is 923. The predicted octanol–water partition coefficient (Wildman–Crippen LogP) is 5.23. The molecule has 1 aromatic heterocycles. The molecule has 1 N–H and O–H groups in total. The van der Waals surface area contributed by atoms with E-state index < -0.39 is 0 Å². The number of para-hydroxylation sites is 1. The Morgan fingerprint density at radius 3 is 2.57 bits per heavy atom. The molecule has 3 rings (SSSR count). The summed E-state index contributed by atoms with van der Waals surface area (Å²) >= 11 is 4.86. The van der Waals surface area contributed by atoms with Gasteiger partial charge in [0, 0.05) is 31.9 Å². The van der Waals surface area contributed by atoms with Crippen LogP contribution in [-0.2, 0) is 0 Å².